The summed E-state index contributed by atoms with van der Waals surface area (Å²) in [5.74, 6) is 0. The Morgan fingerprint density at radius 3 is 2.68 bits per heavy atom. The maximum absolute atomic E-state index is 6.00. The average Bonchev–Trinajstić information content (AvgIpc) is 2.69. The number of hydrogen-bond donors (Lipinski definition) is 1. The lowest BCUT2D eigenvalue weighted by Gasteiger charge is -2.20. The molecule has 0 aliphatic heterocycles. The molecule has 1 heterocycles. The molecule has 0 atom stereocenters. The van der Waals surface area contributed by atoms with Gasteiger partial charge in [-0.25, -0.2) is 0 Å². The van der Waals surface area contributed by atoms with Gasteiger partial charge in [-0.2, -0.15) is 0 Å². The lowest BCUT2D eigenvalue weighted by Crippen LogP contribution is -2.36. The minimum Gasteiger partial charge on any atom is -0.347 e. The fourth-order valence-electron chi connectivity index (χ4n) is 2.24. The van der Waals surface area contributed by atoms with Crippen LogP contribution in [-0.4, -0.2) is 16.7 Å². The highest BCUT2D eigenvalue weighted by atomic mass is 35.5. The summed E-state index contributed by atoms with van der Waals surface area (Å²) < 4.78 is 2.31. The van der Waals surface area contributed by atoms with E-state index in [1.165, 1.54) is 23.7 Å². The number of nitrogens with one attached hydrogen (secondary N) is 1. The van der Waals surface area contributed by atoms with Crippen LogP contribution in [0.1, 0.15) is 33.6 Å². The van der Waals surface area contributed by atoms with E-state index in [0.29, 0.717) is 0 Å². The van der Waals surface area contributed by atoms with E-state index in [-0.39, 0.29) is 5.54 Å². The van der Waals surface area contributed by atoms with Crippen LogP contribution < -0.4 is 5.32 Å². The van der Waals surface area contributed by atoms with Crippen molar-refractivity contribution in [3.8, 4) is 0 Å². The molecule has 1 N–H and O–H groups in total. The van der Waals surface area contributed by atoms with Crippen molar-refractivity contribution in [3.63, 3.8) is 0 Å². The summed E-state index contributed by atoms with van der Waals surface area (Å²) in [6, 6.07) is 8.22. The molecule has 3 heteroatoms. The van der Waals surface area contributed by atoms with Crippen LogP contribution in [0.2, 0.25) is 5.02 Å². The Balaban J connectivity index is 1.85. The largest absolute Gasteiger partial charge is 0.347 e. The van der Waals surface area contributed by atoms with Gasteiger partial charge in [-0.15, -0.1) is 0 Å². The van der Waals surface area contributed by atoms with Gasteiger partial charge in [0.1, 0.15) is 0 Å². The second-order valence-electron chi connectivity index (χ2n) is 6.10. The topological polar surface area (TPSA) is 17.0 Å². The van der Waals surface area contributed by atoms with Crippen LogP contribution in [0.3, 0.4) is 0 Å². The Morgan fingerprint density at radius 2 is 1.95 bits per heavy atom. The van der Waals surface area contributed by atoms with E-state index in [0.717, 1.165) is 18.1 Å². The van der Waals surface area contributed by atoms with Gasteiger partial charge in [-0.1, -0.05) is 11.6 Å². The molecular formula is C16H23ClN2. The molecule has 0 aliphatic carbocycles. The third kappa shape index (κ3) is 4.26. The first-order chi connectivity index (χ1) is 8.96. The Morgan fingerprint density at radius 1 is 1.16 bits per heavy atom. The van der Waals surface area contributed by atoms with Crippen molar-refractivity contribution in [2.24, 2.45) is 0 Å². The lowest BCUT2D eigenvalue weighted by molar-refractivity contribution is 0.415. The highest BCUT2D eigenvalue weighted by Gasteiger charge is 2.07. The van der Waals surface area contributed by atoms with Gasteiger partial charge in [0.15, 0.2) is 0 Å². The van der Waals surface area contributed by atoms with Crippen LogP contribution in [0, 0.1) is 0 Å². The number of halogens is 1. The molecule has 19 heavy (non-hydrogen) atoms. The number of nitrogens with zero attached hydrogens (tertiary/aromatic N) is 1. The van der Waals surface area contributed by atoms with Gasteiger partial charge in [0.2, 0.25) is 0 Å². The van der Waals surface area contributed by atoms with Gasteiger partial charge in [-0.05, 0) is 64.4 Å². The number of fused-ring (bicyclic) bond motifs is 1. The van der Waals surface area contributed by atoms with E-state index in [4.69, 9.17) is 11.6 Å². The molecule has 2 aromatic rings. The first-order valence-electron chi connectivity index (χ1n) is 6.95. The van der Waals surface area contributed by atoms with Crippen LogP contribution in [0.4, 0.5) is 0 Å². The summed E-state index contributed by atoms with van der Waals surface area (Å²) in [5, 5.41) is 5.55. The summed E-state index contributed by atoms with van der Waals surface area (Å²) in [7, 11) is 0. The second kappa shape index (κ2) is 5.98. The predicted octanol–water partition coefficient (Wildman–Crippen LogP) is 4.46. The molecular weight excluding hydrogens is 256 g/mol. The molecule has 0 saturated carbocycles. The summed E-state index contributed by atoms with van der Waals surface area (Å²) >= 11 is 6.00. The van der Waals surface area contributed by atoms with Crippen LogP contribution in [-0.2, 0) is 6.54 Å². The van der Waals surface area contributed by atoms with Crippen LogP contribution in [0.15, 0.2) is 30.5 Å². The monoisotopic (exact) mass is 278 g/mol. The van der Waals surface area contributed by atoms with Crippen molar-refractivity contribution in [2.45, 2.75) is 45.7 Å². The first kappa shape index (κ1) is 14.4. The fraction of sp³-hybridized carbons (Fsp3) is 0.500. The van der Waals surface area contributed by atoms with Crippen molar-refractivity contribution in [3.05, 3.63) is 35.5 Å². The van der Waals surface area contributed by atoms with Crippen LogP contribution >= 0.6 is 11.6 Å². The molecule has 2 nitrogen and oxygen atoms in total. The Labute approximate surface area is 120 Å². The molecule has 2 rings (SSSR count). The van der Waals surface area contributed by atoms with Crippen molar-refractivity contribution < 1.29 is 0 Å². The minimum absolute atomic E-state index is 0.219. The average molecular weight is 279 g/mol. The second-order valence-corrected chi connectivity index (χ2v) is 6.53. The van der Waals surface area contributed by atoms with E-state index in [2.05, 4.69) is 49.0 Å². The number of hydrogen-bond acceptors (Lipinski definition) is 1. The predicted molar refractivity (Wildman–Crippen MR) is 83.9 cm³/mol. The quantitative estimate of drug-likeness (QED) is 0.799. The molecule has 0 bridgehead atoms. The molecule has 0 radical (unpaired) electrons. The van der Waals surface area contributed by atoms with Crippen LogP contribution in [0.25, 0.3) is 10.9 Å². The SMILES string of the molecule is CC(C)(C)NCCCCn1ccc2cc(Cl)ccc21. The third-order valence-corrected chi connectivity index (χ3v) is 3.45. The van der Waals surface area contributed by atoms with E-state index in [9.17, 15) is 0 Å². The van der Waals surface area contributed by atoms with Crippen molar-refractivity contribution >= 4 is 22.5 Å². The number of aromatic nitrogens is 1. The van der Waals surface area contributed by atoms with Crippen molar-refractivity contribution in [1.82, 2.24) is 9.88 Å². The maximum Gasteiger partial charge on any atom is 0.0481 e. The number of unbranched alkanes of at least 4 members (excludes halogenated alkanes) is 1. The third-order valence-electron chi connectivity index (χ3n) is 3.21. The summed E-state index contributed by atoms with van der Waals surface area (Å²) in [6.45, 7) is 8.76. The van der Waals surface area contributed by atoms with E-state index >= 15 is 0 Å². The van der Waals surface area contributed by atoms with E-state index in [1.54, 1.807) is 0 Å². The Bertz CT molecular complexity index is 537. The molecule has 0 aliphatic rings. The summed E-state index contributed by atoms with van der Waals surface area (Å²) in [4.78, 5) is 0. The number of benzene rings is 1. The zero-order valence-electron chi connectivity index (χ0n) is 12.0. The van der Waals surface area contributed by atoms with E-state index < -0.39 is 0 Å². The molecule has 1 aromatic carbocycles. The van der Waals surface area contributed by atoms with Gasteiger partial charge in [0, 0.05) is 34.2 Å². The van der Waals surface area contributed by atoms with E-state index in [1.807, 2.05) is 12.1 Å². The number of rotatable bonds is 5. The molecule has 1 aromatic heterocycles. The minimum atomic E-state index is 0.219. The molecule has 0 saturated heterocycles. The van der Waals surface area contributed by atoms with Crippen molar-refractivity contribution in [1.29, 1.82) is 0 Å². The van der Waals surface area contributed by atoms with Gasteiger partial charge < -0.3 is 9.88 Å². The molecule has 0 unspecified atom stereocenters. The first-order valence-corrected chi connectivity index (χ1v) is 7.33. The Kier molecular flexibility index (Phi) is 4.54. The van der Waals surface area contributed by atoms with Gasteiger partial charge >= 0.3 is 0 Å². The highest BCUT2D eigenvalue weighted by molar-refractivity contribution is 6.31. The molecule has 0 amide bonds. The normalized spacial score (nSPS) is 12.2. The summed E-state index contributed by atoms with van der Waals surface area (Å²) in [6.07, 6.45) is 4.54. The molecule has 104 valence electrons. The zero-order valence-corrected chi connectivity index (χ0v) is 12.8. The zero-order chi connectivity index (χ0) is 13.9. The van der Waals surface area contributed by atoms with Gasteiger partial charge in [0.25, 0.3) is 0 Å². The lowest BCUT2D eigenvalue weighted by atomic mass is 10.1. The fourth-order valence-corrected chi connectivity index (χ4v) is 2.42. The maximum atomic E-state index is 6.00. The van der Waals surface area contributed by atoms with Gasteiger partial charge in [0.05, 0.1) is 0 Å². The van der Waals surface area contributed by atoms with Gasteiger partial charge in [-0.3, -0.25) is 0 Å². The smallest absolute Gasteiger partial charge is 0.0481 e. The molecule has 0 fully saturated rings. The van der Waals surface area contributed by atoms with Crippen molar-refractivity contribution in [2.75, 3.05) is 6.54 Å². The highest BCUT2D eigenvalue weighted by Crippen LogP contribution is 2.20. The van der Waals surface area contributed by atoms with Crippen LogP contribution in [0.5, 0.6) is 0 Å². The Hall–Kier alpha value is -0.990. The molecule has 0 spiro atoms. The summed E-state index contributed by atoms with van der Waals surface area (Å²) in [5.41, 5.74) is 1.49. The standard InChI is InChI=1S/C16H23ClN2/c1-16(2,3)18-9-4-5-10-19-11-8-13-12-14(17)6-7-15(13)19/h6-8,11-12,18H,4-5,9-10H2,1-3H3. The number of aryl methyl sites for hydroxylation is 1.